The fourth-order valence-electron chi connectivity index (χ4n) is 2.28. The highest BCUT2D eigenvalue weighted by Crippen LogP contribution is 2.22. The molecular formula is C17H31N3. The average molecular weight is 277 g/mol. The molecule has 1 heterocycles. The van der Waals surface area contributed by atoms with Gasteiger partial charge in [-0.1, -0.05) is 34.1 Å². The average Bonchev–Trinajstić information content (AvgIpc) is 2.44. The van der Waals surface area contributed by atoms with Crippen LogP contribution in [0.3, 0.4) is 0 Å². The van der Waals surface area contributed by atoms with E-state index in [9.17, 15) is 0 Å². The first kappa shape index (κ1) is 17.0. The van der Waals surface area contributed by atoms with E-state index in [2.05, 4.69) is 64.0 Å². The van der Waals surface area contributed by atoms with Crippen molar-refractivity contribution in [2.24, 2.45) is 0 Å². The lowest BCUT2D eigenvalue weighted by Gasteiger charge is -2.27. The van der Waals surface area contributed by atoms with Crippen LogP contribution in [0.5, 0.6) is 0 Å². The lowest BCUT2D eigenvalue weighted by molar-refractivity contribution is 0.608. The van der Waals surface area contributed by atoms with Crippen LogP contribution in [0.1, 0.15) is 64.6 Å². The highest BCUT2D eigenvalue weighted by Gasteiger charge is 2.13. The molecule has 20 heavy (non-hydrogen) atoms. The highest BCUT2D eigenvalue weighted by molar-refractivity contribution is 5.43. The number of nitrogens with one attached hydrogen (secondary N) is 1. The summed E-state index contributed by atoms with van der Waals surface area (Å²) in [5, 5.41) is 3.40. The van der Waals surface area contributed by atoms with Crippen LogP contribution in [-0.2, 0) is 6.54 Å². The van der Waals surface area contributed by atoms with Gasteiger partial charge in [0.2, 0.25) is 0 Å². The molecule has 0 spiro atoms. The van der Waals surface area contributed by atoms with Crippen LogP contribution in [0.2, 0.25) is 0 Å². The van der Waals surface area contributed by atoms with E-state index in [1.807, 2.05) is 0 Å². The number of rotatable bonds is 8. The van der Waals surface area contributed by atoms with Gasteiger partial charge < -0.3 is 10.2 Å². The standard InChI is InChI=1S/C17H31N3/c1-7-9-14(5)20(6)17-11-15(12-18-8-2)10-16(19-17)13(3)4/h10-11,13-14,18H,7-9,12H2,1-6H3. The van der Waals surface area contributed by atoms with E-state index in [1.165, 1.54) is 24.1 Å². The molecule has 0 aliphatic rings. The minimum absolute atomic E-state index is 0.463. The molecule has 1 aromatic rings. The Hall–Kier alpha value is -1.09. The molecular weight excluding hydrogens is 246 g/mol. The number of aromatic nitrogens is 1. The molecule has 0 aromatic carbocycles. The van der Waals surface area contributed by atoms with Gasteiger partial charge in [-0.15, -0.1) is 0 Å². The molecule has 1 unspecified atom stereocenters. The second-order valence-corrected chi connectivity index (χ2v) is 5.94. The van der Waals surface area contributed by atoms with Crippen LogP contribution >= 0.6 is 0 Å². The Morgan fingerprint density at radius 3 is 2.45 bits per heavy atom. The maximum absolute atomic E-state index is 4.84. The van der Waals surface area contributed by atoms with E-state index in [0.717, 1.165) is 18.9 Å². The zero-order valence-electron chi connectivity index (χ0n) is 14.0. The molecule has 0 bridgehead atoms. The molecule has 0 aliphatic heterocycles. The summed E-state index contributed by atoms with van der Waals surface area (Å²) in [6.07, 6.45) is 2.41. The predicted molar refractivity (Wildman–Crippen MR) is 88.5 cm³/mol. The van der Waals surface area contributed by atoms with Crippen LogP contribution in [0.15, 0.2) is 12.1 Å². The minimum Gasteiger partial charge on any atom is -0.357 e. The number of pyridine rings is 1. The van der Waals surface area contributed by atoms with E-state index in [0.29, 0.717) is 12.0 Å². The summed E-state index contributed by atoms with van der Waals surface area (Å²) in [5.41, 5.74) is 2.52. The van der Waals surface area contributed by atoms with Gasteiger partial charge in [0, 0.05) is 25.3 Å². The van der Waals surface area contributed by atoms with Crippen LogP contribution in [0.4, 0.5) is 5.82 Å². The summed E-state index contributed by atoms with van der Waals surface area (Å²) in [6, 6.07) is 4.98. The Bertz CT molecular complexity index is 401. The summed E-state index contributed by atoms with van der Waals surface area (Å²) in [7, 11) is 2.16. The van der Waals surface area contributed by atoms with Crippen LogP contribution < -0.4 is 10.2 Å². The highest BCUT2D eigenvalue weighted by atomic mass is 15.2. The van der Waals surface area contributed by atoms with E-state index in [1.54, 1.807) is 0 Å². The first-order valence-corrected chi connectivity index (χ1v) is 7.93. The minimum atomic E-state index is 0.463. The van der Waals surface area contributed by atoms with E-state index < -0.39 is 0 Å². The SMILES string of the molecule is CCCC(C)N(C)c1cc(CNCC)cc(C(C)C)n1. The van der Waals surface area contributed by atoms with Crippen molar-refractivity contribution in [3.63, 3.8) is 0 Å². The Balaban J connectivity index is 3.01. The van der Waals surface area contributed by atoms with Gasteiger partial charge in [0.1, 0.15) is 5.82 Å². The summed E-state index contributed by atoms with van der Waals surface area (Å²) in [6.45, 7) is 13.0. The molecule has 1 N–H and O–H groups in total. The van der Waals surface area contributed by atoms with Crippen LogP contribution in [0, 0.1) is 0 Å². The number of nitrogens with zero attached hydrogens (tertiary/aromatic N) is 2. The second-order valence-electron chi connectivity index (χ2n) is 5.94. The normalized spacial score (nSPS) is 12.8. The Morgan fingerprint density at radius 2 is 1.90 bits per heavy atom. The smallest absolute Gasteiger partial charge is 0.129 e. The van der Waals surface area contributed by atoms with Crippen molar-refractivity contribution in [2.45, 2.75) is 66.0 Å². The second kappa shape index (κ2) is 8.25. The van der Waals surface area contributed by atoms with Gasteiger partial charge in [0.25, 0.3) is 0 Å². The Morgan fingerprint density at radius 1 is 1.20 bits per heavy atom. The van der Waals surface area contributed by atoms with Gasteiger partial charge in [-0.3, -0.25) is 0 Å². The Kier molecular flexibility index (Phi) is 7.00. The summed E-state index contributed by atoms with van der Waals surface area (Å²) in [5.74, 6) is 1.57. The van der Waals surface area contributed by atoms with Gasteiger partial charge in [0.15, 0.2) is 0 Å². The van der Waals surface area contributed by atoms with Crippen molar-refractivity contribution >= 4 is 5.82 Å². The maximum Gasteiger partial charge on any atom is 0.129 e. The van der Waals surface area contributed by atoms with Crippen molar-refractivity contribution in [1.29, 1.82) is 0 Å². The summed E-state index contributed by atoms with van der Waals surface area (Å²) in [4.78, 5) is 7.15. The number of hydrogen-bond donors (Lipinski definition) is 1. The van der Waals surface area contributed by atoms with Crippen molar-refractivity contribution in [1.82, 2.24) is 10.3 Å². The van der Waals surface area contributed by atoms with Crippen LogP contribution in [0.25, 0.3) is 0 Å². The lowest BCUT2D eigenvalue weighted by atomic mass is 10.1. The zero-order chi connectivity index (χ0) is 15.1. The third-order valence-electron chi connectivity index (χ3n) is 3.79. The fourth-order valence-corrected chi connectivity index (χ4v) is 2.28. The summed E-state index contributed by atoms with van der Waals surface area (Å²) >= 11 is 0. The first-order chi connectivity index (χ1) is 9.49. The molecule has 0 saturated carbocycles. The molecule has 0 aliphatic carbocycles. The molecule has 0 radical (unpaired) electrons. The van der Waals surface area contributed by atoms with Crippen molar-refractivity contribution in [2.75, 3.05) is 18.5 Å². The van der Waals surface area contributed by atoms with Gasteiger partial charge in [-0.2, -0.15) is 0 Å². The Labute approximate surface area is 124 Å². The number of hydrogen-bond acceptors (Lipinski definition) is 3. The molecule has 1 atom stereocenters. The molecule has 0 amide bonds. The first-order valence-electron chi connectivity index (χ1n) is 7.93. The third-order valence-corrected chi connectivity index (χ3v) is 3.79. The fraction of sp³-hybridized carbons (Fsp3) is 0.706. The van der Waals surface area contributed by atoms with Gasteiger partial charge >= 0.3 is 0 Å². The van der Waals surface area contributed by atoms with E-state index in [4.69, 9.17) is 4.98 Å². The largest absolute Gasteiger partial charge is 0.357 e. The van der Waals surface area contributed by atoms with Crippen molar-refractivity contribution < 1.29 is 0 Å². The molecule has 0 saturated heterocycles. The van der Waals surface area contributed by atoms with E-state index >= 15 is 0 Å². The molecule has 1 rings (SSSR count). The predicted octanol–water partition coefficient (Wildman–Crippen LogP) is 3.94. The monoisotopic (exact) mass is 277 g/mol. The van der Waals surface area contributed by atoms with Crippen LogP contribution in [-0.4, -0.2) is 24.6 Å². The van der Waals surface area contributed by atoms with Gasteiger partial charge in [0.05, 0.1) is 0 Å². The van der Waals surface area contributed by atoms with Crippen molar-refractivity contribution in [3.05, 3.63) is 23.4 Å². The molecule has 0 fully saturated rings. The van der Waals surface area contributed by atoms with Gasteiger partial charge in [-0.25, -0.2) is 4.98 Å². The number of anilines is 1. The molecule has 1 aromatic heterocycles. The molecule has 3 heteroatoms. The topological polar surface area (TPSA) is 28.2 Å². The lowest BCUT2D eigenvalue weighted by Crippen LogP contribution is -2.30. The maximum atomic E-state index is 4.84. The quantitative estimate of drug-likeness (QED) is 0.780. The third kappa shape index (κ3) is 4.78. The molecule has 3 nitrogen and oxygen atoms in total. The van der Waals surface area contributed by atoms with E-state index in [-0.39, 0.29) is 0 Å². The zero-order valence-corrected chi connectivity index (χ0v) is 14.0. The van der Waals surface area contributed by atoms with Crippen molar-refractivity contribution in [3.8, 4) is 0 Å². The van der Waals surface area contributed by atoms with Gasteiger partial charge in [-0.05, 0) is 43.5 Å². The summed E-state index contributed by atoms with van der Waals surface area (Å²) < 4.78 is 0. The molecule has 114 valence electrons.